The molecule has 0 N–H and O–H groups in total. The molecule has 0 aromatic heterocycles. The second kappa shape index (κ2) is 4.67. The third-order valence-corrected chi connectivity index (χ3v) is 5.73. The maximum absolute atomic E-state index is 5.38. The molecule has 1 atom stereocenters. The number of rotatable bonds is 2. The van der Waals surface area contributed by atoms with Crippen molar-refractivity contribution in [2.45, 2.75) is 4.75 Å². The van der Waals surface area contributed by atoms with E-state index in [4.69, 9.17) is 4.84 Å². The molecule has 2 heterocycles. The van der Waals surface area contributed by atoms with Gasteiger partial charge in [0, 0.05) is 11.7 Å². The third-order valence-electron chi connectivity index (χ3n) is 4.05. The van der Waals surface area contributed by atoms with Gasteiger partial charge in [-0.05, 0) is 11.1 Å². The van der Waals surface area contributed by atoms with Crippen LogP contribution in [0.3, 0.4) is 0 Å². The first-order valence-corrected chi connectivity index (χ1v) is 7.85. The zero-order valence-electron chi connectivity index (χ0n) is 11.0. The number of oxime groups is 1. The van der Waals surface area contributed by atoms with Gasteiger partial charge in [-0.2, -0.15) is 0 Å². The van der Waals surface area contributed by atoms with E-state index in [1.807, 2.05) is 11.8 Å². The summed E-state index contributed by atoms with van der Waals surface area (Å²) < 4.78 is -0.177. The molecule has 0 aliphatic carbocycles. The summed E-state index contributed by atoms with van der Waals surface area (Å²) in [5, 5.41) is 4.40. The lowest BCUT2D eigenvalue weighted by Gasteiger charge is -2.29. The van der Waals surface area contributed by atoms with Crippen LogP contribution >= 0.6 is 11.8 Å². The smallest absolute Gasteiger partial charge is 0.126 e. The highest BCUT2D eigenvalue weighted by atomic mass is 32.2. The molecule has 20 heavy (non-hydrogen) atoms. The van der Waals surface area contributed by atoms with Gasteiger partial charge < -0.3 is 4.84 Å². The van der Waals surface area contributed by atoms with Gasteiger partial charge in [0.25, 0.3) is 0 Å². The number of hydrogen-bond acceptors (Lipinski definition) is 3. The van der Waals surface area contributed by atoms with Crippen molar-refractivity contribution in [1.29, 1.82) is 0 Å². The minimum Gasteiger partial charge on any atom is -0.395 e. The van der Waals surface area contributed by atoms with Gasteiger partial charge in [0.05, 0.1) is 5.71 Å². The molecular weight excluding hydrogens is 266 g/mol. The zero-order chi connectivity index (χ0) is 13.4. The van der Waals surface area contributed by atoms with E-state index in [0.29, 0.717) is 5.92 Å². The van der Waals surface area contributed by atoms with Crippen LogP contribution < -0.4 is 0 Å². The summed E-state index contributed by atoms with van der Waals surface area (Å²) in [6.45, 7) is 0.726. The van der Waals surface area contributed by atoms with E-state index < -0.39 is 0 Å². The van der Waals surface area contributed by atoms with E-state index in [1.54, 1.807) is 0 Å². The Hall–Kier alpha value is -1.74. The zero-order valence-corrected chi connectivity index (χ0v) is 11.8. The summed E-state index contributed by atoms with van der Waals surface area (Å²) in [5.41, 5.74) is 3.77. The van der Waals surface area contributed by atoms with Gasteiger partial charge in [0.15, 0.2) is 0 Å². The second-order valence-electron chi connectivity index (χ2n) is 5.19. The van der Waals surface area contributed by atoms with E-state index in [0.717, 1.165) is 12.4 Å². The van der Waals surface area contributed by atoms with Gasteiger partial charge >= 0.3 is 0 Å². The topological polar surface area (TPSA) is 21.6 Å². The van der Waals surface area contributed by atoms with Gasteiger partial charge in [-0.3, -0.25) is 0 Å². The molecule has 2 aromatic carbocycles. The third kappa shape index (κ3) is 1.63. The predicted molar refractivity (Wildman–Crippen MR) is 83.0 cm³/mol. The van der Waals surface area contributed by atoms with Gasteiger partial charge in [-0.25, -0.2) is 0 Å². The first-order valence-electron chi connectivity index (χ1n) is 6.86. The van der Waals surface area contributed by atoms with Crippen LogP contribution in [0.15, 0.2) is 65.8 Å². The lowest BCUT2D eigenvalue weighted by molar-refractivity contribution is 0.158. The highest BCUT2D eigenvalue weighted by molar-refractivity contribution is 8.01. The molecule has 2 aliphatic heterocycles. The fourth-order valence-corrected chi connectivity index (χ4v) is 4.77. The molecule has 0 amide bonds. The Balaban J connectivity index is 1.95. The van der Waals surface area contributed by atoms with Crippen LogP contribution in [0.4, 0.5) is 0 Å². The first-order chi connectivity index (χ1) is 9.91. The van der Waals surface area contributed by atoms with Gasteiger partial charge in [-0.1, -0.05) is 65.8 Å². The van der Waals surface area contributed by atoms with Crippen LogP contribution in [0.25, 0.3) is 0 Å². The Morgan fingerprint density at radius 2 is 1.55 bits per heavy atom. The highest BCUT2D eigenvalue weighted by Gasteiger charge is 2.51. The van der Waals surface area contributed by atoms with E-state index in [2.05, 4.69) is 65.8 Å². The van der Waals surface area contributed by atoms with Crippen LogP contribution in [0, 0.1) is 5.92 Å². The molecule has 2 nitrogen and oxygen atoms in total. The van der Waals surface area contributed by atoms with Gasteiger partial charge in [-0.15, -0.1) is 11.8 Å². The van der Waals surface area contributed by atoms with Crippen LogP contribution in [0.2, 0.25) is 0 Å². The Bertz CT molecular complexity index is 599. The van der Waals surface area contributed by atoms with Crippen LogP contribution in [-0.2, 0) is 9.58 Å². The molecule has 2 aliphatic rings. The second-order valence-corrected chi connectivity index (χ2v) is 6.43. The molecule has 100 valence electrons. The lowest BCUT2D eigenvalue weighted by atomic mass is 9.82. The van der Waals surface area contributed by atoms with E-state index in [9.17, 15) is 0 Å². The molecule has 0 spiro atoms. The van der Waals surface area contributed by atoms with Crippen LogP contribution in [0.1, 0.15) is 11.1 Å². The average Bonchev–Trinajstić information content (AvgIpc) is 3.11. The van der Waals surface area contributed by atoms with Crippen molar-refractivity contribution < 1.29 is 4.84 Å². The lowest BCUT2D eigenvalue weighted by Crippen LogP contribution is -2.31. The molecule has 1 saturated heterocycles. The van der Waals surface area contributed by atoms with Crippen LogP contribution in [0.5, 0.6) is 0 Å². The quantitative estimate of drug-likeness (QED) is 0.837. The molecule has 0 bridgehead atoms. The van der Waals surface area contributed by atoms with Gasteiger partial charge in [0.2, 0.25) is 0 Å². The SMILES string of the molecule is c1ccc(C2(c3ccccc3)SCC3CON=C32)cc1. The fourth-order valence-electron chi connectivity index (χ4n) is 3.10. The first kappa shape index (κ1) is 12.0. The number of benzene rings is 2. The number of hydrogen-bond donors (Lipinski definition) is 0. The van der Waals surface area contributed by atoms with Gasteiger partial charge in [0.1, 0.15) is 11.4 Å². The molecule has 4 rings (SSSR count). The van der Waals surface area contributed by atoms with E-state index >= 15 is 0 Å². The maximum Gasteiger partial charge on any atom is 0.126 e. The average molecular weight is 281 g/mol. The van der Waals surface area contributed by atoms with Crippen molar-refractivity contribution in [3.8, 4) is 0 Å². The largest absolute Gasteiger partial charge is 0.395 e. The Labute approximate surface area is 122 Å². The molecule has 1 fully saturated rings. The predicted octanol–water partition coefficient (Wildman–Crippen LogP) is 3.68. The van der Waals surface area contributed by atoms with Crippen molar-refractivity contribution in [2.75, 3.05) is 12.4 Å². The Morgan fingerprint density at radius 1 is 0.950 bits per heavy atom. The summed E-state index contributed by atoms with van der Waals surface area (Å²) in [5.74, 6) is 1.52. The molecular formula is C17H15NOS. The maximum atomic E-state index is 5.38. The van der Waals surface area contributed by atoms with Crippen molar-refractivity contribution in [1.82, 2.24) is 0 Å². The van der Waals surface area contributed by atoms with Crippen molar-refractivity contribution in [2.24, 2.45) is 11.1 Å². The van der Waals surface area contributed by atoms with E-state index in [-0.39, 0.29) is 4.75 Å². The van der Waals surface area contributed by atoms with E-state index in [1.165, 1.54) is 16.8 Å². The Morgan fingerprint density at radius 3 is 2.15 bits per heavy atom. The normalized spacial score (nSPS) is 23.0. The fraction of sp³-hybridized carbons (Fsp3) is 0.235. The highest BCUT2D eigenvalue weighted by Crippen LogP contribution is 2.53. The number of nitrogens with zero attached hydrogens (tertiary/aromatic N) is 1. The number of fused-ring (bicyclic) bond motifs is 1. The monoisotopic (exact) mass is 281 g/mol. The van der Waals surface area contributed by atoms with Crippen molar-refractivity contribution in [3.05, 3.63) is 71.8 Å². The Kier molecular flexibility index (Phi) is 2.81. The minimum absolute atomic E-state index is 0.177. The summed E-state index contributed by atoms with van der Waals surface area (Å²) in [6.07, 6.45) is 0. The summed E-state index contributed by atoms with van der Waals surface area (Å²) in [4.78, 5) is 5.38. The molecule has 3 heteroatoms. The summed E-state index contributed by atoms with van der Waals surface area (Å²) in [6, 6.07) is 21.3. The number of thioether (sulfide) groups is 1. The van der Waals surface area contributed by atoms with Crippen molar-refractivity contribution in [3.63, 3.8) is 0 Å². The molecule has 1 unspecified atom stereocenters. The molecule has 0 saturated carbocycles. The molecule has 2 aromatic rings. The van der Waals surface area contributed by atoms with Crippen molar-refractivity contribution >= 4 is 17.5 Å². The molecule has 0 radical (unpaired) electrons. The van der Waals surface area contributed by atoms with Crippen LogP contribution in [-0.4, -0.2) is 18.1 Å². The minimum atomic E-state index is -0.177. The summed E-state index contributed by atoms with van der Waals surface area (Å²) >= 11 is 1.98. The standard InChI is InChI=1S/C17H15NOS/c1-3-7-14(8-4-1)17(15-9-5-2-6-10-15)16-13(12-20-17)11-19-18-16/h1-10,13H,11-12H2. The summed E-state index contributed by atoms with van der Waals surface area (Å²) in [7, 11) is 0.